The van der Waals surface area contributed by atoms with Crippen molar-refractivity contribution in [2.24, 2.45) is 0 Å². The number of amides is 1. The Morgan fingerprint density at radius 2 is 1.91 bits per heavy atom. The van der Waals surface area contributed by atoms with Gasteiger partial charge in [-0.25, -0.2) is 4.39 Å². The SMILES string of the molecule is Cc1cc(-c2ccc(N)cc2F)c(C)cc1/C=C1\CCNC1=O. The van der Waals surface area contributed by atoms with Gasteiger partial charge in [0.1, 0.15) is 5.82 Å². The number of rotatable bonds is 2. The van der Waals surface area contributed by atoms with Crippen molar-refractivity contribution >= 4 is 17.7 Å². The first-order valence-electron chi connectivity index (χ1n) is 7.61. The van der Waals surface area contributed by atoms with Crippen LogP contribution in [0.3, 0.4) is 0 Å². The van der Waals surface area contributed by atoms with Gasteiger partial charge in [0.05, 0.1) is 0 Å². The summed E-state index contributed by atoms with van der Waals surface area (Å²) in [6, 6.07) is 8.70. The van der Waals surface area contributed by atoms with Gasteiger partial charge in [0, 0.05) is 23.4 Å². The molecule has 0 unspecified atom stereocenters. The van der Waals surface area contributed by atoms with Crippen LogP contribution in [0.25, 0.3) is 17.2 Å². The van der Waals surface area contributed by atoms with Crippen LogP contribution in [-0.4, -0.2) is 12.5 Å². The number of nitrogens with two attached hydrogens (primary N) is 1. The van der Waals surface area contributed by atoms with Crippen molar-refractivity contribution in [1.29, 1.82) is 0 Å². The lowest BCUT2D eigenvalue weighted by molar-refractivity contribution is -0.116. The van der Waals surface area contributed by atoms with Crippen molar-refractivity contribution in [1.82, 2.24) is 5.32 Å². The van der Waals surface area contributed by atoms with E-state index in [1.807, 2.05) is 32.1 Å². The summed E-state index contributed by atoms with van der Waals surface area (Å²) in [4.78, 5) is 11.7. The van der Waals surface area contributed by atoms with Gasteiger partial charge < -0.3 is 11.1 Å². The first kappa shape index (κ1) is 15.3. The molecule has 23 heavy (non-hydrogen) atoms. The molecular formula is C19H19FN2O. The average Bonchev–Trinajstić information content (AvgIpc) is 2.88. The number of benzene rings is 2. The van der Waals surface area contributed by atoms with Gasteiger partial charge >= 0.3 is 0 Å². The van der Waals surface area contributed by atoms with E-state index >= 15 is 0 Å². The molecule has 2 aromatic rings. The van der Waals surface area contributed by atoms with Crippen molar-refractivity contribution in [2.45, 2.75) is 20.3 Å². The molecule has 4 heteroatoms. The number of nitrogen functional groups attached to an aromatic ring is 1. The predicted octanol–water partition coefficient (Wildman–Crippen LogP) is 3.60. The first-order chi connectivity index (χ1) is 11.0. The summed E-state index contributed by atoms with van der Waals surface area (Å²) in [6.07, 6.45) is 2.67. The molecule has 0 bridgehead atoms. The van der Waals surface area contributed by atoms with Crippen LogP contribution in [0.2, 0.25) is 0 Å². The van der Waals surface area contributed by atoms with Crippen LogP contribution in [0.15, 0.2) is 35.9 Å². The largest absolute Gasteiger partial charge is 0.399 e. The van der Waals surface area contributed by atoms with E-state index in [4.69, 9.17) is 5.73 Å². The highest BCUT2D eigenvalue weighted by Gasteiger charge is 2.17. The van der Waals surface area contributed by atoms with Gasteiger partial charge in [-0.3, -0.25) is 4.79 Å². The van der Waals surface area contributed by atoms with E-state index < -0.39 is 0 Å². The number of hydrogen-bond acceptors (Lipinski definition) is 2. The van der Waals surface area contributed by atoms with E-state index in [1.54, 1.807) is 12.1 Å². The van der Waals surface area contributed by atoms with Crippen LogP contribution in [0.4, 0.5) is 10.1 Å². The highest BCUT2D eigenvalue weighted by molar-refractivity contribution is 6.00. The summed E-state index contributed by atoms with van der Waals surface area (Å²) in [6.45, 7) is 4.61. The van der Waals surface area contributed by atoms with E-state index in [1.165, 1.54) is 6.07 Å². The molecule has 3 nitrogen and oxygen atoms in total. The molecule has 0 saturated carbocycles. The molecule has 0 atom stereocenters. The van der Waals surface area contributed by atoms with Crippen LogP contribution in [-0.2, 0) is 4.79 Å². The van der Waals surface area contributed by atoms with Crippen molar-refractivity contribution in [3.05, 3.63) is 58.4 Å². The fraction of sp³-hybridized carbons (Fsp3) is 0.211. The molecule has 1 heterocycles. The first-order valence-corrected chi connectivity index (χ1v) is 7.61. The van der Waals surface area contributed by atoms with Crippen LogP contribution in [0.5, 0.6) is 0 Å². The normalized spacial score (nSPS) is 16.0. The number of hydrogen-bond donors (Lipinski definition) is 2. The molecule has 2 aromatic carbocycles. The Balaban J connectivity index is 2.05. The Bertz CT molecular complexity index is 824. The van der Waals surface area contributed by atoms with Crippen molar-refractivity contribution < 1.29 is 9.18 Å². The van der Waals surface area contributed by atoms with Gasteiger partial charge in [-0.05, 0) is 66.8 Å². The molecule has 0 aliphatic carbocycles. The minimum atomic E-state index is -0.325. The zero-order chi connectivity index (χ0) is 16.6. The van der Waals surface area contributed by atoms with Crippen LogP contribution in [0.1, 0.15) is 23.1 Å². The standard InChI is InChI=1S/C19H19FN2O/c1-11-8-17(16-4-3-15(21)10-18(16)20)12(2)7-14(11)9-13-5-6-22-19(13)23/h3-4,7-10H,5-6,21H2,1-2H3,(H,22,23)/b13-9+. The molecule has 1 amide bonds. The monoisotopic (exact) mass is 310 g/mol. The van der Waals surface area contributed by atoms with Gasteiger partial charge in [0.25, 0.3) is 0 Å². The van der Waals surface area contributed by atoms with Gasteiger partial charge in [0.15, 0.2) is 0 Å². The Morgan fingerprint density at radius 3 is 2.57 bits per heavy atom. The van der Waals surface area contributed by atoms with Gasteiger partial charge in [-0.1, -0.05) is 12.1 Å². The Morgan fingerprint density at radius 1 is 1.13 bits per heavy atom. The molecule has 3 N–H and O–H groups in total. The smallest absolute Gasteiger partial charge is 0.247 e. The number of halogens is 1. The van der Waals surface area contributed by atoms with E-state index in [-0.39, 0.29) is 11.7 Å². The summed E-state index contributed by atoms with van der Waals surface area (Å²) in [5, 5.41) is 2.81. The minimum absolute atomic E-state index is 0.00397. The maximum atomic E-state index is 14.2. The lowest BCUT2D eigenvalue weighted by Gasteiger charge is -2.12. The molecule has 118 valence electrons. The lowest BCUT2D eigenvalue weighted by atomic mass is 9.93. The molecule has 0 spiro atoms. The average molecular weight is 310 g/mol. The zero-order valence-corrected chi connectivity index (χ0v) is 13.2. The summed E-state index contributed by atoms with van der Waals surface area (Å²) in [7, 11) is 0. The fourth-order valence-electron chi connectivity index (χ4n) is 2.90. The predicted molar refractivity (Wildman–Crippen MR) is 91.3 cm³/mol. The molecule has 1 aliphatic heterocycles. The van der Waals surface area contributed by atoms with E-state index in [0.717, 1.165) is 34.2 Å². The molecule has 0 aromatic heterocycles. The Kier molecular flexibility index (Phi) is 3.90. The van der Waals surface area contributed by atoms with Crippen molar-refractivity contribution in [2.75, 3.05) is 12.3 Å². The third-order valence-corrected chi connectivity index (χ3v) is 4.20. The maximum absolute atomic E-state index is 14.2. The van der Waals surface area contributed by atoms with E-state index in [9.17, 15) is 9.18 Å². The molecule has 0 radical (unpaired) electrons. The Hall–Kier alpha value is -2.62. The zero-order valence-electron chi connectivity index (χ0n) is 13.2. The summed E-state index contributed by atoms with van der Waals surface area (Å²) < 4.78 is 14.2. The topological polar surface area (TPSA) is 55.1 Å². The third kappa shape index (κ3) is 2.97. The number of carbonyl (C=O) groups excluding carboxylic acids is 1. The van der Waals surface area contributed by atoms with Crippen LogP contribution >= 0.6 is 0 Å². The molecule has 1 aliphatic rings. The molecule has 1 fully saturated rings. The molecule has 1 saturated heterocycles. The number of anilines is 1. The van der Waals surface area contributed by atoms with Crippen molar-refractivity contribution in [3.63, 3.8) is 0 Å². The van der Waals surface area contributed by atoms with Crippen LogP contribution < -0.4 is 11.1 Å². The van der Waals surface area contributed by atoms with Gasteiger partial charge in [-0.15, -0.1) is 0 Å². The van der Waals surface area contributed by atoms with E-state index in [2.05, 4.69) is 5.32 Å². The third-order valence-electron chi connectivity index (χ3n) is 4.20. The molecular weight excluding hydrogens is 291 g/mol. The highest BCUT2D eigenvalue weighted by Crippen LogP contribution is 2.30. The fourth-order valence-corrected chi connectivity index (χ4v) is 2.90. The quantitative estimate of drug-likeness (QED) is 0.658. The second-order valence-corrected chi connectivity index (χ2v) is 5.94. The minimum Gasteiger partial charge on any atom is -0.399 e. The van der Waals surface area contributed by atoms with Crippen LogP contribution in [0, 0.1) is 19.7 Å². The maximum Gasteiger partial charge on any atom is 0.247 e. The summed E-state index contributed by atoms with van der Waals surface area (Å²) in [5.41, 5.74) is 11.2. The second-order valence-electron chi connectivity index (χ2n) is 5.94. The number of nitrogens with one attached hydrogen (secondary N) is 1. The number of aryl methyl sites for hydroxylation is 2. The summed E-state index contributed by atoms with van der Waals surface area (Å²) in [5.74, 6) is -0.329. The second kappa shape index (κ2) is 5.88. The Labute approximate surface area is 135 Å². The summed E-state index contributed by atoms with van der Waals surface area (Å²) >= 11 is 0. The van der Waals surface area contributed by atoms with E-state index in [0.29, 0.717) is 17.8 Å². The highest BCUT2D eigenvalue weighted by atomic mass is 19.1. The molecule has 3 rings (SSSR count). The van der Waals surface area contributed by atoms with Crippen molar-refractivity contribution in [3.8, 4) is 11.1 Å². The van der Waals surface area contributed by atoms with Gasteiger partial charge in [-0.2, -0.15) is 0 Å². The number of carbonyl (C=O) groups is 1. The lowest BCUT2D eigenvalue weighted by Crippen LogP contribution is -2.14. The van der Waals surface area contributed by atoms with Gasteiger partial charge in [0.2, 0.25) is 5.91 Å².